The van der Waals surface area contributed by atoms with E-state index in [-0.39, 0.29) is 37.2 Å². The smallest absolute Gasteiger partial charge is 0.162 e. The number of carbonyl (C=O) groups excluding carboxylic acids is 1. The third-order valence-corrected chi connectivity index (χ3v) is 9.65. The second kappa shape index (κ2) is 18.3. The third kappa shape index (κ3) is 10.2. The predicted octanol–water partition coefficient (Wildman–Crippen LogP) is 7.82. The molecule has 0 atom stereocenters. The first-order valence-corrected chi connectivity index (χ1v) is 16.2. The van der Waals surface area contributed by atoms with E-state index in [9.17, 15) is 4.79 Å². The van der Waals surface area contributed by atoms with Crippen LogP contribution in [0.1, 0.15) is 70.3 Å². The van der Waals surface area contributed by atoms with E-state index in [0.717, 1.165) is 100 Å². The molecule has 0 aliphatic carbocycles. The van der Waals surface area contributed by atoms with Crippen LogP contribution in [0.2, 0.25) is 5.02 Å². The summed E-state index contributed by atoms with van der Waals surface area (Å²) in [5, 5.41) is 4.25. The number of Topliss-reactive ketones (excluding diaryl/α,β-unsaturated/α-hetero) is 1. The van der Waals surface area contributed by atoms with Gasteiger partial charge in [0, 0.05) is 55.3 Å². The zero-order chi connectivity index (χ0) is 28.7. The van der Waals surface area contributed by atoms with Gasteiger partial charge in [0.05, 0.1) is 6.54 Å². The van der Waals surface area contributed by atoms with E-state index < -0.39 is 0 Å². The molecule has 3 aliphatic rings. The third-order valence-electron chi connectivity index (χ3n) is 9.28. The van der Waals surface area contributed by atoms with Crippen LogP contribution in [0.4, 0.5) is 0 Å². The highest BCUT2D eigenvalue weighted by Gasteiger charge is 2.21. The molecule has 3 aromatic carbocycles. The first-order valence-electron chi connectivity index (χ1n) is 15.8. The topological polar surface area (TPSA) is 47.9 Å². The molecule has 6 rings (SSSR count). The highest BCUT2D eigenvalue weighted by Crippen LogP contribution is 2.26. The number of piperidine rings is 1. The number of amidine groups is 1. The Hall–Kier alpha value is -2.12. The summed E-state index contributed by atoms with van der Waals surface area (Å²) in [6, 6.07) is 23.4. The van der Waals surface area contributed by atoms with Crippen molar-refractivity contribution in [1.29, 1.82) is 0 Å². The number of likely N-dealkylation sites (tertiary alicyclic amines) is 1. The molecule has 1 N–H and O–H groups in total. The van der Waals surface area contributed by atoms with Crippen molar-refractivity contribution in [2.45, 2.75) is 58.0 Å². The first-order chi connectivity index (χ1) is 20.6. The molecule has 9 heteroatoms. The number of nitrogens with one attached hydrogen (secondary N) is 1. The van der Waals surface area contributed by atoms with Crippen LogP contribution in [0.5, 0.6) is 0 Å². The van der Waals surface area contributed by atoms with Gasteiger partial charge in [0.25, 0.3) is 0 Å². The number of aliphatic imine (C=N–C) groups is 1. The Morgan fingerprint density at radius 3 is 2.36 bits per heavy atom. The summed E-state index contributed by atoms with van der Waals surface area (Å²) >= 11 is 6.36. The Bertz CT molecular complexity index is 1420. The Labute approximate surface area is 292 Å². The number of benzene rings is 3. The largest absolute Gasteiger partial charge is 0.368 e. The maximum absolute atomic E-state index is 13.1. The number of carbonyl (C=O) groups is 1. The summed E-state index contributed by atoms with van der Waals surface area (Å²) in [4.78, 5) is 22.8. The lowest BCUT2D eigenvalue weighted by molar-refractivity contribution is 0.0974. The zero-order valence-electron chi connectivity index (χ0n) is 25.9. The van der Waals surface area contributed by atoms with Crippen LogP contribution in [-0.2, 0) is 25.9 Å². The van der Waals surface area contributed by atoms with Gasteiger partial charge in [-0.15, -0.1) is 37.2 Å². The Kier molecular flexibility index (Phi) is 15.2. The maximum atomic E-state index is 13.1. The molecule has 0 radical (unpaired) electrons. The number of fused-ring (bicyclic) bond motifs is 1. The van der Waals surface area contributed by atoms with Crippen LogP contribution in [0, 0.1) is 5.92 Å². The van der Waals surface area contributed by atoms with E-state index in [1.54, 1.807) is 0 Å². The fraction of sp³-hybridized carbons (Fsp3) is 0.444. The normalized spacial score (nSPS) is 17.0. The summed E-state index contributed by atoms with van der Waals surface area (Å²) < 4.78 is 0. The predicted molar refractivity (Wildman–Crippen MR) is 194 cm³/mol. The highest BCUT2D eigenvalue weighted by molar-refractivity contribution is 6.31. The lowest BCUT2D eigenvalue weighted by Gasteiger charge is -2.32. The summed E-state index contributed by atoms with van der Waals surface area (Å²) in [6.45, 7) is 7.96. The summed E-state index contributed by atoms with van der Waals surface area (Å²) in [6.07, 6.45) is 7.25. The zero-order valence-corrected chi connectivity index (χ0v) is 29.1. The van der Waals surface area contributed by atoms with Crippen molar-refractivity contribution in [1.82, 2.24) is 15.1 Å². The molecule has 3 aliphatic heterocycles. The molecular formula is C36H46Cl4N4O. The van der Waals surface area contributed by atoms with Gasteiger partial charge in [-0.05, 0) is 98.0 Å². The van der Waals surface area contributed by atoms with E-state index in [4.69, 9.17) is 11.6 Å². The molecular weight excluding hydrogens is 646 g/mol. The molecule has 244 valence electrons. The lowest BCUT2D eigenvalue weighted by atomic mass is 9.90. The van der Waals surface area contributed by atoms with Gasteiger partial charge in [0.2, 0.25) is 0 Å². The molecule has 45 heavy (non-hydrogen) atoms. The highest BCUT2D eigenvalue weighted by atomic mass is 35.5. The number of ketones is 1. The minimum absolute atomic E-state index is 0. The summed E-state index contributed by atoms with van der Waals surface area (Å²) in [5.74, 6) is 2.05. The standard InChI is InChI=1S/C36H43ClN4O.3ClH/c37-34-9-2-1-7-33(34)26-41-19-13-27(14-20-41)5-4-10-35(42)31-12-11-29-15-21-40(22-16-30(29)24-31)25-28-6-3-8-32(23-28)36-38-17-18-39-36;;;/h1-3,6-9,11-12,23-24,27H,4-5,10,13-22,25-26H2,(H,38,39);3*1H. The van der Waals surface area contributed by atoms with Crippen molar-refractivity contribution in [3.63, 3.8) is 0 Å². The van der Waals surface area contributed by atoms with Gasteiger partial charge in [-0.25, -0.2) is 0 Å². The Morgan fingerprint density at radius 1 is 0.844 bits per heavy atom. The average Bonchev–Trinajstić information content (AvgIpc) is 3.49. The lowest BCUT2D eigenvalue weighted by Crippen LogP contribution is -2.33. The number of nitrogens with zero attached hydrogens (tertiary/aromatic N) is 3. The second-order valence-corrected chi connectivity index (χ2v) is 12.7. The number of hydrogen-bond acceptors (Lipinski definition) is 5. The number of rotatable bonds is 10. The van der Waals surface area contributed by atoms with Crippen LogP contribution < -0.4 is 5.32 Å². The molecule has 0 saturated carbocycles. The maximum Gasteiger partial charge on any atom is 0.162 e. The van der Waals surface area contributed by atoms with Crippen LogP contribution in [0.15, 0.2) is 71.7 Å². The molecule has 1 saturated heterocycles. The Morgan fingerprint density at radius 2 is 1.60 bits per heavy atom. The van der Waals surface area contributed by atoms with E-state index in [0.29, 0.717) is 12.2 Å². The average molecular weight is 693 g/mol. The molecule has 1 fully saturated rings. The van der Waals surface area contributed by atoms with E-state index in [1.807, 2.05) is 12.1 Å². The molecule has 0 spiro atoms. The van der Waals surface area contributed by atoms with Gasteiger partial charge in [-0.1, -0.05) is 60.1 Å². The first kappa shape index (κ1) is 37.3. The van der Waals surface area contributed by atoms with Gasteiger partial charge in [-0.2, -0.15) is 0 Å². The molecule has 0 aromatic heterocycles. The van der Waals surface area contributed by atoms with E-state index in [2.05, 4.69) is 74.7 Å². The van der Waals surface area contributed by atoms with Crippen LogP contribution in [0.25, 0.3) is 0 Å². The van der Waals surface area contributed by atoms with Gasteiger partial charge in [-0.3, -0.25) is 19.6 Å². The fourth-order valence-electron chi connectivity index (χ4n) is 6.77. The minimum atomic E-state index is 0. The molecule has 0 unspecified atom stereocenters. The molecule has 5 nitrogen and oxygen atoms in total. The minimum Gasteiger partial charge on any atom is -0.368 e. The Balaban J connectivity index is 0.00000184. The number of hydrogen-bond donors (Lipinski definition) is 1. The molecule has 0 bridgehead atoms. The van der Waals surface area contributed by atoms with Crippen molar-refractivity contribution >= 4 is 60.4 Å². The molecule has 3 aromatic rings. The summed E-state index contributed by atoms with van der Waals surface area (Å²) in [7, 11) is 0. The number of halogens is 4. The van der Waals surface area contributed by atoms with Crippen LogP contribution in [-0.4, -0.2) is 60.7 Å². The van der Waals surface area contributed by atoms with Crippen LogP contribution in [0.3, 0.4) is 0 Å². The van der Waals surface area contributed by atoms with Gasteiger partial charge >= 0.3 is 0 Å². The summed E-state index contributed by atoms with van der Waals surface area (Å²) in [5.41, 5.74) is 7.38. The van der Waals surface area contributed by atoms with Gasteiger partial charge in [0.1, 0.15) is 5.84 Å². The molecule has 0 amide bonds. The van der Waals surface area contributed by atoms with Crippen molar-refractivity contribution < 1.29 is 4.79 Å². The van der Waals surface area contributed by atoms with E-state index in [1.165, 1.54) is 40.7 Å². The van der Waals surface area contributed by atoms with Crippen molar-refractivity contribution in [3.8, 4) is 0 Å². The molecule has 3 heterocycles. The SMILES string of the molecule is Cl.Cl.Cl.O=C(CCCC1CCN(Cc2ccccc2Cl)CC1)c1ccc2c(c1)CCN(Cc1cccc(C3=NCCN3)c1)CC2. The second-order valence-electron chi connectivity index (χ2n) is 12.2. The van der Waals surface area contributed by atoms with Gasteiger partial charge in [0.15, 0.2) is 5.78 Å². The van der Waals surface area contributed by atoms with Crippen LogP contribution >= 0.6 is 48.8 Å². The van der Waals surface area contributed by atoms with Gasteiger partial charge < -0.3 is 5.32 Å². The van der Waals surface area contributed by atoms with Crippen molar-refractivity contribution in [3.05, 3.63) is 105 Å². The quantitative estimate of drug-likeness (QED) is 0.220. The monoisotopic (exact) mass is 690 g/mol. The van der Waals surface area contributed by atoms with Crippen molar-refractivity contribution in [2.75, 3.05) is 39.3 Å². The van der Waals surface area contributed by atoms with E-state index >= 15 is 0 Å². The van der Waals surface area contributed by atoms with Crippen molar-refractivity contribution in [2.24, 2.45) is 10.9 Å². The fourth-order valence-corrected chi connectivity index (χ4v) is 6.96.